The molecule has 4 N–H and O–H groups in total. The lowest BCUT2D eigenvalue weighted by molar-refractivity contribution is 0.617. The first-order chi connectivity index (χ1) is 8.66. The summed E-state index contributed by atoms with van der Waals surface area (Å²) < 4.78 is 12.1. The number of nitrogens with two attached hydrogens (primary N) is 1. The molecule has 0 aromatic carbocycles. The van der Waals surface area contributed by atoms with E-state index in [1.165, 1.54) is 6.33 Å². The standard InChI is InChI=1S/C5H4N4.C4H4FN3O/c1-4-5(8-2-6-1)9-3-7-4;5-2-1-7-4(9)8-3(2)6/h1-3H,(H,6,7,8,9);1H,(H3,6,7,8,9). The Bertz CT molecular complexity index is 677. The van der Waals surface area contributed by atoms with E-state index in [0.717, 1.165) is 11.7 Å². The van der Waals surface area contributed by atoms with Crippen LogP contribution in [-0.4, -0.2) is 29.9 Å². The summed E-state index contributed by atoms with van der Waals surface area (Å²) in [5.41, 5.74) is 5.89. The van der Waals surface area contributed by atoms with Crippen LogP contribution >= 0.6 is 0 Å². The van der Waals surface area contributed by atoms with E-state index in [1.54, 1.807) is 12.5 Å². The maximum atomic E-state index is 12.1. The van der Waals surface area contributed by atoms with Gasteiger partial charge in [0, 0.05) is 0 Å². The highest BCUT2D eigenvalue weighted by Gasteiger charge is 1.95. The van der Waals surface area contributed by atoms with Crippen LogP contribution in [0.25, 0.3) is 11.2 Å². The van der Waals surface area contributed by atoms with Crippen LogP contribution in [-0.2, 0) is 0 Å². The SMILES string of the molecule is Nc1[nH]c(=O)ncc1F.c1ncc2[nH]cnc2n1. The first kappa shape index (κ1) is 11.6. The number of H-pyrrole nitrogens is 2. The normalized spacial score (nSPS) is 9.83. The molecule has 0 amide bonds. The second kappa shape index (κ2) is 4.99. The number of aromatic amines is 2. The van der Waals surface area contributed by atoms with Crippen LogP contribution in [0.4, 0.5) is 10.2 Å². The van der Waals surface area contributed by atoms with Gasteiger partial charge in [0.15, 0.2) is 11.5 Å². The molecule has 0 saturated heterocycles. The number of nitrogens with zero attached hydrogens (tertiary/aromatic N) is 4. The lowest BCUT2D eigenvalue weighted by Crippen LogP contribution is -2.12. The summed E-state index contributed by atoms with van der Waals surface area (Å²) in [4.78, 5) is 29.8. The second-order valence-electron chi connectivity index (χ2n) is 3.11. The number of anilines is 1. The molecule has 0 radical (unpaired) electrons. The van der Waals surface area contributed by atoms with Crippen molar-refractivity contribution in [2.75, 3.05) is 5.73 Å². The molecule has 3 heterocycles. The molecular weight excluding hydrogens is 241 g/mol. The van der Waals surface area contributed by atoms with Crippen molar-refractivity contribution >= 4 is 17.0 Å². The largest absolute Gasteiger partial charge is 0.383 e. The van der Waals surface area contributed by atoms with Crippen LogP contribution in [0.1, 0.15) is 0 Å². The maximum absolute atomic E-state index is 12.1. The molecule has 0 bridgehead atoms. The molecule has 3 aromatic rings. The van der Waals surface area contributed by atoms with Gasteiger partial charge in [-0.15, -0.1) is 0 Å². The van der Waals surface area contributed by atoms with Crippen molar-refractivity contribution in [3.05, 3.63) is 41.3 Å². The van der Waals surface area contributed by atoms with E-state index in [2.05, 4.69) is 24.9 Å². The minimum atomic E-state index is -0.713. The maximum Gasteiger partial charge on any atom is 0.346 e. The fourth-order valence-corrected chi connectivity index (χ4v) is 1.08. The van der Waals surface area contributed by atoms with Crippen molar-refractivity contribution in [1.82, 2.24) is 29.9 Å². The van der Waals surface area contributed by atoms with Crippen molar-refractivity contribution in [1.29, 1.82) is 0 Å². The summed E-state index contributed by atoms with van der Waals surface area (Å²) in [7, 11) is 0. The molecule has 0 spiro atoms. The molecule has 0 aliphatic rings. The van der Waals surface area contributed by atoms with E-state index >= 15 is 0 Å². The Labute approximate surface area is 99.2 Å². The van der Waals surface area contributed by atoms with Gasteiger partial charge >= 0.3 is 5.69 Å². The molecule has 92 valence electrons. The van der Waals surface area contributed by atoms with Crippen molar-refractivity contribution in [3.8, 4) is 0 Å². The molecule has 0 fully saturated rings. The van der Waals surface area contributed by atoms with E-state index in [9.17, 15) is 9.18 Å². The monoisotopic (exact) mass is 249 g/mol. The number of nitrogen functional groups attached to an aromatic ring is 1. The number of fused-ring (bicyclic) bond motifs is 1. The van der Waals surface area contributed by atoms with Gasteiger partial charge in [-0.1, -0.05) is 0 Å². The van der Waals surface area contributed by atoms with E-state index in [0.29, 0.717) is 5.65 Å². The van der Waals surface area contributed by atoms with Crippen LogP contribution < -0.4 is 11.4 Å². The van der Waals surface area contributed by atoms with Crippen LogP contribution in [0.2, 0.25) is 0 Å². The quantitative estimate of drug-likeness (QED) is 0.508. The average molecular weight is 249 g/mol. The summed E-state index contributed by atoms with van der Waals surface area (Å²) in [5, 5.41) is 0. The van der Waals surface area contributed by atoms with Gasteiger partial charge in [0.2, 0.25) is 0 Å². The summed E-state index contributed by atoms with van der Waals surface area (Å²) in [6.07, 6.45) is 5.53. The van der Waals surface area contributed by atoms with Crippen LogP contribution in [0, 0.1) is 5.82 Å². The van der Waals surface area contributed by atoms with Gasteiger partial charge in [0.05, 0.1) is 18.7 Å². The summed E-state index contributed by atoms with van der Waals surface area (Å²) in [6.45, 7) is 0. The molecule has 0 atom stereocenters. The van der Waals surface area contributed by atoms with Crippen LogP contribution in [0.3, 0.4) is 0 Å². The minimum absolute atomic E-state index is 0.282. The molecule has 0 aliphatic heterocycles. The van der Waals surface area contributed by atoms with E-state index < -0.39 is 11.5 Å². The highest BCUT2D eigenvalue weighted by atomic mass is 19.1. The van der Waals surface area contributed by atoms with E-state index in [1.807, 2.05) is 4.98 Å². The van der Waals surface area contributed by atoms with Gasteiger partial charge in [-0.2, -0.15) is 4.98 Å². The lowest BCUT2D eigenvalue weighted by atomic mass is 10.6. The molecule has 0 aliphatic carbocycles. The Kier molecular flexibility index (Phi) is 3.23. The molecule has 8 nitrogen and oxygen atoms in total. The van der Waals surface area contributed by atoms with Crippen molar-refractivity contribution in [2.45, 2.75) is 0 Å². The lowest BCUT2D eigenvalue weighted by Gasteiger charge is -1.89. The van der Waals surface area contributed by atoms with Crippen molar-refractivity contribution in [2.24, 2.45) is 0 Å². The zero-order valence-electron chi connectivity index (χ0n) is 8.96. The predicted molar refractivity (Wildman–Crippen MR) is 60.9 cm³/mol. The predicted octanol–water partition coefficient (Wildman–Crippen LogP) is -0.156. The zero-order chi connectivity index (χ0) is 13.0. The highest BCUT2D eigenvalue weighted by molar-refractivity contribution is 5.67. The van der Waals surface area contributed by atoms with E-state index in [-0.39, 0.29) is 5.82 Å². The van der Waals surface area contributed by atoms with Gasteiger partial charge in [-0.3, -0.25) is 4.98 Å². The first-order valence-corrected chi connectivity index (χ1v) is 4.76. The number of imidazole rings is 1. The summed E-state index contributed by atoms with van der Waals surface area (Å²) in [6, 6.07) is 0. The Morgan fingerprint density at radius 3 is 2.72 bits per heavy atom. The van der Waals surface area contributed by atoms with Gasteiger partial charge < -0.3 is 10.7 Å². The first-order valence-electron chi connectivity index (χ1n) is 4.76. The third-order valence-electron chi connectivity index (χ3n) is 1.89. The number of halogens is 1. The molecule has 9 heteroatoms. The molecule has 0 unspecified atom stereocenters. The van der Waals surface area contributed by atoms with Gasteiger partial charge in [-0.25, -0.2) is 24.1 Å². The number of hydrogen-bond acceptors (Lipinski definition) is 6. The second-order valence-corrected chi connectivity index (χ2v) is 3.11. The Morgan fingerprint density at radius 2 is 2.06 bits per heavy atom. The summed E-state index contributed by atoms with van der Waals surface area (Å²) >= 11 is 0. The fraction of sp³-hybridized carbons (Fsp3) is 0. The highest BCUT2D eigenvalue weighted by Crippen LogP contribution is 1.99. The van der Waals surface area contributed by atoms with Gasteiger partial charge in [0.1, 0.15) is 17.7 Å². The van der Waals surface area contributed by atoms with Crippen LogP contribution in [0.5, 0.6) is 0 Å². The van der Waals surface area contributed by atoms with Gasteiger partial charge in [-0.05, 0) is 0 Å². The third-order valence-corrected chi connectivity index (χ3v) is 1.89. The van der Waals surface area contributed by atoms with Crippen LogP contribution in [0.15, 0.2) is 29.8 Å². The molecule has 3 aromatic heterocycles. The smallest absolute Gasteiger partial charge is 0.346 e. The fourth-order valence-electron chi connectivity index (χ4n) is 1.08. The van der Waals surface area contributed by atoms with Gasteiger partial charge in [0.25, 0.3) is 0 Å². The number of nitrogens with one attached hydrogen (secondary N) is 2. The zero-order valence-corrected chi connectivity index (χ0v) is 8.96. The topological polar surface area (TPSA) is 126 Å². The van der Waals surface area contributed by atoms with E-state index in [4.69, 9.17) is 5.73 Å². The molecule has 0 saturated carbocycles. The Morgan fingerprint density at radius 1 is 1.22 bits per heavy atom. The number of aromatic nitrogens is 6. The average Bonchev–Trinajstić information content (AvgIpc) is 2.83. The molecule has 18 heavy (non-hydrogen) atoms. The third kappa shape index (κ3) is 2.64. The van der Waals surface area contributed by atoms with Crippen molar-refractivity contribution in [3.63, 3.8) is 0 Å². The molecule has 3 rings (SSSR count). The number of rotatable bonds is 0. The Balaban J connectivity index is 0.000000134. The van der Waals surface area contributed by atoms with Crippen molar-refractivity contribution < 1.29 is 4.39 Å². The Hall–Kier alpha value is -2.84. The molecular formula is C9H8FN7O. The summed E-state index contributed by atoms with van der Waals surface area (Å²) in [5.74, 6) is -0.996. The minimum Gasteiger partial charge on any atom is -0.383 e. The number of hydrogen-bond donors (Lipinski definition) is 3.